The summed E-state index contributed by atoms with van der Waals surface area (Å²) in [6, 6.07) is 8.92. The molecule has 0 spiro atoms. The standard InChI is InChI=1S/C15H18BrN3/c1-10(17-2)12-5-6-15(13(16)9-12)19-8-7-14(18-19)11-3-4-11/h5-11,17H,3-4H2,1-2H3. The molecule has 0 saturated heterocycles. The molecule has 1 heterocycles. The van der Waals surface area contributed by atoms with Gasteiger partial charge in [-0.25, -0.2) is 4.68 Å². The average molecular weight is 320 g/mol. The number of halogens is 1. The average Bonchev–Trinajstić information content (AvgIpc) is 3.16. The summed E-state index contributed by atoms with van der Waals surface area (Å²) in [5, 5.41) is 7.92. The predicted molar refractivity (Wildman–Crippen MR) is 80.7 cm³/mol. The summed E-state index contributed by atoms with van der Waals surface area (Å²) >= 11 is 3.65. The highest BCUT2D eigenvalue weighted by atomic mass is 79.9. The van der Waals surface area contributed by atoms with Crippen molar-refractivity contribution >= 4 is 15.9 Å². The summed E-state index contributed by atoms with van der Waals surface area (Å²) in [5.41, 5.74) is 3.59. The molecule has 100 valence electrons. The molecule has 19 heavy (non-hydrogen) atoms. The van der Waals surface area contributed by atoms with Gasteiger partial charge in [-0.05, 0) is 66.5 Å². The van der Waals surface area contributed by atoms with Crippen molar-refractivity contribution in [1.82, 2.24) is 15.1 Å². The molecule has 3 nitrogen and oxygen atoms in total. The first-order valence-corrected chi connectivity index (χ1v) is 7.51. The van der Waals surface area contributed by atoms with Crippen molar-refractivity contribution < 1.29 is 0 Å². The number of aromatic nitrogens is 2. The highest BCUT2D eigenvalue weighted by Gasteiger charge is 2.26. The third-order valence-electron chi connectivity index (χ3n) is 3.76. The first-order valence-electron chi connectivity index (χ1n) is 6.71. The fourth-order valence-electron chi connectivity index (χ4n) is 2.21. The van der Waals surface area contributed by atoms with Crippen LogP contribution < -0.4 is 5.32 Å². The Bertz CT molecular complexity index is 587. The van der Waals surface area contributed by atoms with E-state index in [2.05, 4.69) is 63.7 Å². The minimum absolute atomic E-state index is 0.352. The van der Waals surface area contributed by atoms with Crippen LogP contribution in [0.3, 0.4) is 0 Å². The summed E-state index contributed by atoms with van der Waals surface area (Å²) in [4.78, 5) is 0. The molecule has 1 N–H and O–H groups in total. The van der Waals surface area contributed by atoms with Gasteiger partial charge in [0.05, 0.1) is 11.4 Å². The Morgan fingerprint density at radius 1 is 1.37 bits per heavy atom. The minimum atomic E-state index is 0.352. The molecule has 2 aromatic rings. The van der Waals surface area contributed by atoms with Crippen LogP contribution in [0.25, 0.3) is 5.69 Å². The van der Waals surface area contributed by atoms with Crippen LogP contribution in [-0.2, 0) is 0 Å². The van der Waals surface area contributed by atoms with E-state index in [1.54, 1.807) is 0 Å². The van der Waals surface area contributed by atoms with Crippen molar-refractivity contribution in [2.75, 3.05) is 7.05 Å². The van der Waals surface area contributed by atoms with Crippen LogP contribution in [0.5, 0.6) is 0 Å². The fraction of sp³-hybridized carbons (Fsp3) is 0.400. The van der Waals surface area contributed by atoms with Crippen LogP contribution in [0.4, 0.5) is 0 Å². The lowest BCUT2D eigenvalue weighted by atomic mass is 10.1. The molecule has 3 rings (SSSR count). The van der Waals surface area contributed by atoms with Crippen LogP contribution in [-0.4, -0.2) is 16.8 Å². The van der Waals surface area contributed by atoms with E-state index in [1.165, 1.54) is 24.1 Å². The Kier molecular flexibility index (Phi) is 3.46. The van der Waals surface area contributed by atoms with Gasteiger partial charge in [-0.15, -0.1) is 0 Å². The van der Waals surface area contributed by atoms with Gasteiger partial charge in [0, 0.05) is 22.6 Å². The van der Waals surface area contributed by atoms with Crippen molar-refractivity contribution in [3.63, 3.8) is 0 Å². The molecule has 1 aliphatic carbocycles. The van der Waals surface area contributed by atoms with Crippen LogP contribution in [0.15, 0.2) is 34.9 Å². The number of nitrogens with zero attached hydrogens (tertiary/aromatic N) is 2. The second-order valence-corrected chi connectivity index (χ2v) is 6.03. The summed E-state index contributed by atoms with van der Waals surface area (Å²) in [7, 11) is 1.97. The maximum Gasteiger partial charge on any atom is 0.0787 e. The smallest absolute Gasteiger partial charge is 0.0787 e. The molecule has 1 fully saturated rings. The molecular formula is C15H18BrN3. The van der Waals surface area contributed by atoms with Gasteiger partial charge in [0.25, 0.3) is 0 Å². The maximum absolute atomic E-state index is 4.67. The molecule has 0 radical (unpaired) electrons. The van der Waals surface area contributed by atoms with E-state index in [0.29, 0.717) is 12.0 Å². The Morgan fingerprint density at radius 2 is 2.16 bits per heavy atom. The van der Waals surface area contributed by atoms with Crippen molar-refractivity contribution in [2.45, 2.75) is 31.7 Å². The van der Waals surface area contributed by atoms with E-state index in [0.717, 1.165) is 10.2 Å². The third-order valence-corrected chi connectivity index (χ3v) is 4.39. The van der Waals surface area contributed by atoms with Gasteiger partial charge in [0.15, 0.2) is 0 Å². The second-order valence-electron chi connectivity index (χ2n) is 5.18. The van der Waals surface area contributed by atoms with Gasteiger partial charge >= 0.3 is 0 Å². The number of hydrogen-bond donors (Lipinski definition) is 1. The van der Waals surface area contributed by atoms with Crippen LogP contribution in [0.1, 0.15) is 43.0 Å². The van der Waals surface area contributed by atoms with Crippen LogP contribution in [0, 0.1) is 0 Å². The molecule has 1 aromatic carbocycles. The van der Waals surface area contributed by atoms with Gasteiger partial charge in [-0.2, -0.15) is 5.10 Å². The van der Waals surface area contributed by atoms with E-state index in [4.69, 9.17) is 0 Å². The van der Waals surface area contributed by atoms with E-state index < -0.39 is 0 Å². The zero-order chi connectivity index (χ0) is 13.4. The largest absolute Gasteiger partial charge is 0.313 e. The first-order chi connectivity index (χ1) is 9.19. The number of rotatable bonds is 4. The molecule has 1 aliphatic rings. The first kappa shape index (κ1) is 12.9. The second kappa shape index (κ2) is 5.10. The van der Waals surface area contributed by atoms with Crippen molar-refractivity contribution in [1.29, 1.82) is 0 Å². The highest BCUT2D eigenvalue weighted by molar-refractivity contribution is 9.10. The minimum Gasteiger partial charge on any atom is -0.313 e. The Hall–Kier alpha value is -1.13. The fourth-order valence-corrected chi connectivity index (χ4v) is 2.79. The normalized spacial score (nSPS) is 16.6. The SMILES string of the molecule is CNC(C)c1ccc(-n2ccc(C3CC3)n2)c(Br)c1. The molecule has 0 aliphatic heterocycles. The zero-order valence-corrected chi connectivity index (χ0v) is 12.8. The predicted octanol–water partition coefficient (Wildman–Crippen LogP) is 3.79. The lowest BCUT2D eigenvalue weighted by Crippen LogP contribution is -2.12. The lowest BCUT2D eigenvalue weighted by Gasteiger charge is -2.13. The van der Waals surface area contributed by atoms with Crippen LogP contribution >= 0.6 is 15.9 Å². The summed E-state index contributed by atoms with van der Waals surface area (Å²) < 4.78 is 3.04. The lowest BCUT2D eigenvalue weighted by molar-refractivity contribution is 0.651. The Balaban J connectivity index is 1.91. The molecule has 1 atom stereocenters. The zero-order valence-electron chi connectivity index (χ0n) is 11.2. The third kappa shape index (κ3) is 2.60. The summed E-state index contributed by atoms with van der Waals surface area (Å²) in [6.45, 7) is 2.15. The van der Waals surface area contributed by atoms with E-state index in [1.807, 2.05) is 11.7 Å². The van der Waals surface area contributed by atoms with Gasteiger partial charge in [-0.3, -0.25) is 0 Å². The van der Waals surface area contributed by atoms with Crippen molar-refractivity contribution in [3.05, 3.63) is 46.2 Å². The topological polar surface area (TPSA) is 29.9 Å². The number of benzene rings is 1. The van der Waals surface area contributed by atoms with Crippen molar-refractivity contribution in [3.8, 4) is 5.69 Å². The van der Waals surface area contributed by atoms with Gasteiger partial charge in [-0.1, -0.05) is 6.07 Å². The van der Waals surface area contributed by atoms with E-state index >= 15 is 0 Å². The molecule has 1 saturated carbocycles. The Labute approximate surface area is 122 Å². The number of hydrogen-bond acceptors (Lipinski definition) is 2. The molecule has 4 heteroatoms. The molecular weight excluding hydrogens is 302 g/mol. The highest BCUT2D eigenvalue weighted by Crippen LogP contribution is 2.39. The molecule has 0 bridgehead atoms. The monoisotopic (exact) mass is 319 g/mol. The molecule has 1 aromatic heterocycles. The van der Waals surface area contributed by atoms with Gasteiger partial charge in [0.2, 0.25) is 0 Å². The summed E-state index contributed by atoms with van der Waals surface area (Å²) in [6.07, 6.45) is 4.63. The van der Waals surface area contributed by atoms with Gasteiger partial charge in [0.1, 0.15) is 0 Å². The number of nitrogens with one attached hydrogen (secondary N) is 1. The van der Waals surface area contributed by atoms with Crippen molar-refractivity contribution in [2.24, 2.45) is 0 Å². The van der Waals surface area contributed by atoms with E-state index in [-0.39, 0.29) is 0 Å². The molecule has 0 amide bonds. The molecule has 1 unspecified atom stereocenters. The maximum atomic E-state index is 4.67. The van der Waals surface area contributed by atoms with Gasteiger partial charge < -0.3 is 5.32 Å². The summed E-state index contributed by atoms with van der Waals surface area (Å²) in [5.74, 6) is 0.698. The quantitative estimate of drug-likeness (QED) is 0.929. The van der Waals surface area contributed by atoms with E-state index in [9.17, 15) is 0 Å². The van der Waals surface area contributed by atoms with Crippen LogP contribution in [0.2, 0.25) is 0 Å². The Morgan fingerprint density at radius 3 is 2.79 bits per heavy atom.